The third kappa shape index (κ3) is 2.76. The minimum absolute atomic E-state index is 0.398. The number of nitrogens with zero attached hydrogens (tertiary/aromatic N) is 1. The summed E-state index contributed by atoms with van der Waals surface area (Å²) in [6, 6.07) is 0.398. The van der Waals surface area contributed by atoms with Gasteiger partial charge in [-0.3, -0.25) is 9.69 Å². The van der Waals surface area contributed by atoms with Crippen LogP contribution in [0, 0.1) is 0 Å². The topological polar surface area (TPSA) is 40.5 Å². The molecule has 1 N–H and O–H groups in total. The Labute approximate surface area is 98.8 Å². The summed E-state index contributed by atoms with van der Waals surface area (Å²) in [6.07, 6.45) is 6.62. The van der Waals surface area contributed by atoms with Crippen LogP contribution in [0.15, 0.2) is 0 Å². The van der Waals surface area contributed by atoms with E-state index in [9.17, 15) is 9.90 Å². The van der Waals surface area contributed by atoms with Gasteiger partial charge in [-0.2, -0.15) is 0 Å². The van der Waals surface area contributed by atoms with Gasteiger partial charge in [-0.25, -0.2) is 0 Å². The van der Waals surface area contributed by atoms with E-state index in [-0.39, 0.29) is 0 Å². The highest BCUT2D eigenvalue weighted by atomic mass is 16.4. The molecule has 94 valence electrons. The van der Waals surface area contributed by atoms with Gasteiger partial charge in [0.05, 0.1) is 0 Å². The van der Waals surface area contributed by atoms with E-state index in [0.717, 1.165) is 25.8 Å². The van der Waals surface area contributed by atoms with Crippen molar-refractivity contribution in [1.29, 1.82) is 0 Å². The molecular weight excluding hydrogens is 202 g/mol. The van der Waals surface area contributed by atoms with Gasteiger partial charge in [-0.05, 0) is 39.7 Å². The van der Waals surface area contributed by atoms with Crippen LogP contribution in [0.1, 0.15) is 59.3 Å². The van der Waals surface area contributed by atoms with Crippen molar-refractivity contribution >= 4 is 5.97 Å². The summed E-state index contributed by atoms with van der Waals surface area (Å²) in [5.41, 5.74) is -0.619. The highest BCUT2D eigenvalue weighted by Crippen LogP contribution is 2.32. The molecular formula is C13H25NO2. The zero-order valence-corrected chi connectivity index (χ0v) is 10.8. The van der Waals surface area contributed by atoms with Crippen molar-refractivity contribution in [3.8, 4) is 0 Å². The summed E-state index contributed by atoms with van der Waals surface area (Å²) in [4.78, 5) is 13.5. The van der Waals surface area contributed by atoms with E-state index in [1.54, 1.807) is 0 Å². The molecule has 2 atom stereocenters. The Hall–Kier alpha value is -0.570. The normalized spacial score (nSPS) is 28.2. The fourth-order valence-corrected chi connectivity index (χ4v) is 2.77. The molecule has 16 heavy (non-hydrogen) atoms. The van der Waals surface area contributed by atoms with Gasteiger partial charge in [0.25, 0.3) is 0 Å². The number of hydrogen-bond acceptors (Lipinski definition) is 2. The number of hydrogen-bond donors (Lipinski definition) is 1. The van der Waals surface area contributed by atoms with Crippen LogP contribution in [-0.2, 0) is 4.79 Å². The molecule has 0 radical (unpaired) electrons. The number of unbranched alkanes of at least 4 members (excludes halogenated alkanes) is 2. The minimum Gasteiger partial charge on any atom is -0.480 e. The van der Waals surface area contributed by atoms with Crippen LogP contribution in [0.2, 0.25) is 0 Å². The second-order valence-electron chi connectivity index (χ2n) is 5.22. The Kier molecular flexibility index (Phi) is 4.78. The lowest BCUT2D eigenvalue weighted by Crippen LogP contribution is -2.51. The van der Waals surface area contributed by atoms with Crippen molar-refractivity contribution in [1.82, 2.24) is 4.90 Å². The zero-order valence-electron chi connectivity index (χ0n) is 10.8. The SMILES string of the molecule is CCCCCC(C)N1CCCC1(C)C(=O)O. The predicted molar refractivity (Wildman–Crippen MR) is 65.6 cm³/mol. The van der Waals surface area contributed by atoms with Crippen molar-refractivity contribution in [2.24, 2.45) is 0 Å². The minimum atomic E-state index is -0.660. The summed E-state index contributed by atoms with van der Waals surface area (Å²) in [5, 5.41) is 9.32. The van der Waals surface area contributed by atoms with Gasteiger partial charge < -0.3 is 5.11 Å². The van der Waals surface area contributed by atoms with Gasteiger partial charge in [-0.15, -0.1) is 0 Å². The summed E-state index contributed by atoms with van der Waals surface area (Å²) in [7, 11) is 0. The second-order valence-corrected chi connectivity index (χ2v) is 5.22. The fourth-order valence-electron chi connectivity index (χ4n) is 2.77. The van der Waals surface area contributed by atoms with Gasteiger partial charge in [0.1, 0.15) is 5.54 Å². The average molecular weight is 227 g/mol. The van der Waals surface area contributed by atoms with E-state index >= 15 is 0 Å². The Morgan fingerprint density at radius 2 is 2.19 bits per heavy atom. The molecule has 0 aromatic heterocycles. The maximum atomic E-state index is 11.3. The molecule has 3 nitrogen and oxygen atoms in total. The molecule has 1 heterocycles. The van der Waals surface area contributed by atoms with Crippen molar-refractivity contribution in [3.63, 3.8) is 0 Å². The molecule has 0 spiro atoms. The maximum absolute atomic E-state index is 11.3. The third-order valence-electron chi connectivity index (χ3n) is 3.91. The van der Waals surface area contributed by atoms with Crippen LogP contribution < -0.4 is 0 Å². The van der Waals surface area contributed by atoms with Crippen molar-refractivity contribution in [2.75, 3.05) is 6.54 Å². The molecule has 1 aliphatic heterocycles. The van der Waals surface area contributed by atoms with Crippen molar-refractivity contribution < 1.29 is 9.90 Å². The zero-order chi connectivity index (χ0) is 12.2. The molecule has 0 aliphatic carbocycles. The Morgan fingerprint density at radius 1 is 1.50 bits per heavy atom. The smallest absolute Gasteiger partial charge is 0.323 e. The van der Waals surface area contributed by atoms with Gasteiger partial charge >= 0.3 is 5.97 Å². The molecule has 0 saturated carbocycles. The van der Waals surface area contributed by atoms with Gasteiger partial charge in [0.2, 0.25) is 0 Å². The quantitative estimate of drug-likeness (QED) is 0.709. The lowest BCUT2D eigenvalue weighted by molar-refractivity contribution is -0.149. The molecule has 1 fully saturated rings. The number of likely N-dealkylation sites (tertiary alicyclic amines) is 1. The van der Waals surface area contributed by atoms with Crippen LogP contribution in [0.25, 0.3) is 0 Å². The van der Waals surface area contributed by atoms with Crippen LogP contribution in [0.5, 0.6) is 0 Å². The Balaban J connectivity index is 2.54. The van der Waals surface area contributed by atoms with Crippen molar-refractivity contribution in [3.05, 3.63) is 0 Å². The van der Waals surface area contributed by atoms with Gasteiger partial charge in [0.15, 0.2) is 0 Å². The summed E-state index contributed by atoms with van der Waals surface area (Å²) < 4.78 is 0. The highest BCUT2D eigenvalue weighted by molar-refractivity contribution is 5.78. The number of carboxylic acids is 1. The largest absolute Gasteiger partial charge is 0.480 e. The molecule has 1 aliphatic rings. The van der Waals surface area contributed by atoms with E-state index in [1.807, 2.05) is 6.92 Å². The van der Waals surface area contributed by atoms with Crippen LogP contribution >= 0.6 is 0 Å². The van der Waals surface area contributed by atoms with E-state index in [1.165, 1.54) is 19.3 Å². The van der Waals surface area contributed by atoms with E-state index < -0.39 is 11.5 Å². The molecule has 3 heteroatoms. The molecule has 0 amide bonds. The van der Waals surface area contributed by atoms with Gasteiger partial charge in [0, 0.05) is 6.04 Å². The monoisotopic (exact) mass is 227 g/mol. The first-order valence-electron chi connectivity index (χ1n) is 6.52. The van der Waals surface area contributed by atoms with Crippen LogP contribution in [0.3, 0.4) is 0 Å². The van der Waals surface area contributed by atoms with Gasteiger partial charge in [-0.1, -0.05) is 26.2 Å². The Morgan fingerprint density at radius 3 is 2.75 bits per heavy atom. The fraction of sp³-hybridized carbons (Fsp3) is 0.923. The highest BCUT2D eigenvalue weighted by Gasteiger charge is 2.44. The first kappa shape index (κ1) is 13.5. The van der Waals surface area contributed by atoms with Crippen LogP contribution in [-0.4, -0.2) is 34.1 Å². The summed E-state index contributed by atoms with van der Waals surface area (Å²) in [5.74, 6) is -0.660. The maximum Gasteiger partial charge on any atom is 0.323 e. The molecule has 1 saturated heterocycles. The number of aliphatic carboxylic acids is 1. The van der Waals surface area contributed by atoms with Crippen molar-refractivity contribution in [2.45, 2.75) is 70.9 Å². The number of carbonyl (C=O) groups is 1. The van der Waals surface area contributed by atoms with E-state index in [2.05, 4.69) is 18.7 Å². The first-order valence-corrected chi connectivity index (χ1v) is 6.52. The number of rotatable bonds is 6. The molecule has 0 aromatic rings. The van der Waals surface area contributed by atoms with E-state index in [4.69, 9.17) is 0 Å². The standard InChI is InChI=1S/C13H25NO2/c1-4-5-6-8-11(2)14-10-7-9-13(14,3)12(15)16/h11H,4-10H2,1-3H3,(H,15,16). The third-order valence-corrected chi connectivity index (χ3v) is 3.91. The lowest BCUT2D eigenvalue weighted by Gasteiger charge is -2.36. The average Bonchev–Trinajstić information content (AvgIpc) is 2.62. The Bertz CT molecular complexity index is 242. The second kappa shape index (κ2) is 5.67. The first-order chi connectivity index (χ1) is 7.52. The van der Waals surface area contributed by atoms with Crippen LogP contribution in [0.4, 0.5) is 0 Å². The lowest BCUT2D eigenvalue weighted by atomic mass is 9.96. The molecule has 1 rings (SSSR count). The van der Waals surface area contributed by atoms with E-state index in [0.29, 0.717) is 6.04 Å². The molecule has 2 unspecified atom stereocenters. The predicted octanol–water partition coefficient (Wildman–Crippen LogP) is 2.89. The molecule has 0 aromatic carbocycles. The summed E-state index contributed by atoms with van der Waals surface area (Å²) in [6.45, 7) is 7.18. The molecule has 0 bridgehead atoms. The number of carboxylic acid groups (broad SMARTS) is 1. The summed E-state index contributed by atoms with van der Waals surface area (Å²) >= 11 is 0.